The van der Waals surface area contributed by atoms with Gasteiger partial charge >= 0.3 is 0 Å². The second-order valence-corrected chi connectivity index (χ2v) is 9.22. The average Bonchev–Trinajstić information content (AvgIpc) is 3.15. The highest BCUT2D eigenvalue weighted by molar-refractivity contribution is 7.89. The van der Waals surface area contributed by atoms with E-state index in [1.807, 2.05) is 0 Å². The van der Waals surface area contributed by atoms with Gasteiger partial charge in [-0.05, 0) is 24.3 Å². The van der Waals surface area contributed by atoms with Gasteiger partial charge in [0, 0.05) is 30.2 Å². The summed E-state index contributed by atoms with van der Waals surface area (Å²) in [5.41, 5.74) is 0.981. The first-order valence-corrected chi connectivity index (χ1v) is 10.9. The molecular formula is C18H17N5O4S2. The van der Waals surface area contributed by atoms with Crippen LogP contribution in [0.25, 0.3) is 0 Å². The van der Waals surface area contributed by atoms with Crippen molar-refractivity contribution in [3.8, 4) is 5.75 Å². The van der Waals surface area contributed by atoms with Crippen LogP contribution in [0.15, 0.2) is 47.8 Å². The highest BCUT2D eigenvalue weighted by Gasteiger charge is 2.30. The Labute approximate surface area is 171 Å². The van der Waals surface area contributed by atoms with Crippen molar-refractivity contribution in [2.45, 2.75) is 17.9 Å². The number of nitrogens with one attached hydrogen (secondary N) is 1. The summed E-state index contributed by atoms with van der Waals surface area (Å²) in [5, 5.41) is 3.11. The molecule has 0 saturated carbocycles. The number of carbonyl (C=O) groups excluding carboxylic acids is 1. The molecule has 1 amide bonds. The number of benzene rings is 1. The lowest BCUT2D eigenvalue weighted by molar-refractivity contribution is 0.102. The van der Waals surface area contributed by atoms with Crippen molar-refractivity contribution < 1.29 is 17.9 Å². The lowest BCUT2D eigenvalue weighted by Gasteiger charge is -2.25. The van der Waals surface area contributed by atoms with Gasteiger partial charge in [-0.15, -0.1) is 11.3 Å². The number of rotatable bonds is 5. The van der Waals surface area contributed by atoms with E-state index in [1.54, 1.807) is 12.1 Å². The van der Waals surface area contributed by atoms with Gasteiger partial charge in [0.2, 0.25) is 10.0 Å². The van der Waals surface area contributed by atoms with E-state index in [-0.39, 0.29) is 17.1 Å². The number of aromatic nitrogens is 3. The van der Waals surface area contributed by atoms with E-state index in [1.165, 1.54) is 53.5 Å². The minimum Gasteiger partial charge on any atom is -0.497 e. The first kappa shape index (κ1) is 19.4. The molecule has 0 spiro atoms. The fourth-order valence-electron chi connectivity index (χ4n) is 2.90. The molecule has 150 valence electrons. The summed E-state index contributed by atoms with van der Waals surface area (Å²) in [4.78, 5) is 25.5. The third kappa shape index (κ3) is 3.97. The first-order chi connectivity index (χ1) is 14.0. The smallest absolute Gasteiger partial charge is 0.277 e. The molecule has 0 aliphatic carbocycles. The van der Waals surface area contributed by atoms with E-state index in [2.05, 4.69) is 20.3 Å². The number of carbonyl (C=O) groups is 1. The number of methoxy groups -OCH3 is 1. The summed E-state index contributed by atoms with van der Waals surface area (Å²) >= 11 is 1.26. The van der Waals surface area contributed by atoms with Gasteiger partial charge in [-0.1, -0.05) is 0 Å². The fraction of sp³-hybridized carbons (Fsp3) is 0.222. The molecule has 0 unspecified atom stereocenters. The van der Waals surface area contributed by atoms with Crippen molar-refractivity contribution >= 4 is 32.4 Å². The van der Waals surface area contributed by atoms with Crippen LogP contribution in [0, 0.1) is 0 Å². The third-order valence-electron chi connectivity index (χ3n) is 4.41. The molecule has 29 heavy (non-hydrogen) atoms. The van der Waals surface area contributed by atoms with Gasteiger partial charge in [0.05, 0.1) is 30.4 Å². The normalized spacial score (nSPS) is 14.2. The lowest BCUT2D eigenvalue weighted by Crippen LogP contribution is -2.35. The van der Waals surface area contributed by atoms with Crippen LogP contribution in [-0.2, 0) is 23.0 Å². The number of amides is 1. The number of sulfonamides is 1. The van der Waals surface area contributed by atoms with E-state index in [0.717, 1.165) is 10.6 Å². The summed E-state index contributed by atoms with van der Waals surface area (Å²) in [5.74, 6) is 0.183. The molecule has 0 atom stereocenters. The Morgan fingerprint density at radius 1 is 1.24 bits per heavy atom. The first-order valence-electron chi connectivity index (χ1n) is 8.67. The molecule has 1 aliphatic rings. The van der Waals surface area contributed by atoms with Crippen LogP contribution in [0.1, 0.15) is 21.1 Å². The molecular weight excluding hydrogens is 414 g/mol. The Kier molecular flexibility index (Phi) is 5.26. The summed E-state index contributed by atoms with van der Waals surface area (Å²) in [7, 11) is -2.11. The molecule has 0 bridgehead atoms. The number of thiazole rings is 1. The molecule has 11 heteroatoms. The molecule has 1 aliphatic heterocycles. The number of ether oxygens (including phenoxy) is 1. The fourth-order valence-corrected chi connectivity index (χ4v) is 5.41. The maximum absolute atomic E-state index is 13.0. The Balaban J connectivity index is 1.50. The van der Waals surface area contributed by atoms with Crippen molar-refractivity contribution in [3.05, 3.63) is 59.1 Å². The zero-order valence-electron chi connectivity index (χ0n) is 15.4. The summed E-state index contributed by atoms with van der Waals surface area (Å²) in [6.07, 6.45) is 4.76. The third-order valence-corrected chi connectivity index (χ3v) is 7.27. The van der Waals surface area contributed by atoms with Crippen LogP contribution in [-0.4, -0.2) is 47.2 Å². The summed E-state index contributed by atoms with van der Waals surface area (Å²) < 4.78 is 32.4. The van der Waals surface area contributed by atoms with Gasteiger partial charge in [0.1, 0.15) is 11.4 Å². The minimum atomic E-state index is -3.64. The highest BCUT2D eigenvalue weighted by atomic mass is 32.2. The SMILES string of the molecule is COc1ccc(S(=O)(=O)N2CCc3nc(NC(=O)c4cnccn4)sc3C2)cc1. The molecule has 1 N–H and O–H groups in total. The van der Waals surface area contributed by atoms with Gasteiger partial charge in [-0.3, -0.25) is 15.1 Å². The number of anilines is 1. The van der Waals surface area contributed by atoms with Crippen molar-refractivity contribution in [2.24, 2.45) is 0 Å². The van der Waals surface area contributed by atoms with E-state index in [4.69, 9.17) is 4.74 Å². The Morgan fingerprint density at radius 2 is 2.03 bits per heavy atom. The van der Waals surface area contributed by atoms with Crippen LogP contribution in [0.4, 0.5) is 5.13 Å². The molecule has 2 aromatic heterocycles. The predicted octanol–water partition coefficient (Wildman–Crippen LogP) is 1.94. The van der Waals surface area contributed by atoms with Gasteiger partial charge in [0.15, 0.2) is 5.13 Å². The van der Waals surface area contributed by atoms with Crippen molar-refractivity contribution in [3.63, 3.8) is 0 Å². The quantitative estimate of drug-likeness (QED) is 0.656. The van der Waals surface area contributed by atoms with Crippen molar-refractivity contribution in [1.82, 2.24) is 19.3 Å². The van der Waals surface area contributed by atoms with E-state index < -0.39 is 15.9 Å². The molecule has 0 radical (unpaired) electrons. The summed E-state index contributed by atoms with van der Waals surface area (Å²) in [6.45, 7) is 0.533. The predicted molar refractivity (Wildman–Crippen MR) is 106 cm³/mol. The number of hydrogen-bond acceptors (Lipinski definition) is 8. The largest absolute Gasteiger partial charge is 0.497 e. The Morgan fingerprint density at radius 3 is 2.72 bits per heavy atom. The molecule has 0 saturated heterocycles. The molecule has 4 rings (SSSR count). The monoisotopic (exact) mass is 431 g/mol. The summed E-state index contributed by atoms with van der Waals surface area (Å²) in [6, 6.07) is 6.30. The van der Waals surface area contributed by atoms with Gasteiger partial charge < -0.3 is 4.74 Å². The van der Waals surface area contributed by atoms with Crippen LogP contribution in [0.3, 0.4) is 0 Å². The molecule has 3 heterocycles. The van der Waals surface area contributed by atoms with E-state index >= 15 is 0 Å². The van der Waals surface area contributed by atoms with Gasteiger partial charge in [-0.25, -0.2) is 18.4 Å². The van der Waals surface area contributed by atoms with Gasteiger partial charge in [0.25, 0.3) is 5.91 Å². The van der Waals surface area contributed by atoms with E-state index in [9.17, 15) is 13.2 Å². The van der Waals surface area contributed by atoms with Crippen LogP contribution in [0.2, 0.25) is 0 Å². The van der Waals surface area contributed by atoms with Crippen molar-refractivity contribution in [1.29, 1.82) is 0 Å². The van der Waals surface area contributed by atoms with Crippen LogP contribution in [0.5, 0.6) is 5.75 Å². The van der Waals surface area contributed by atoms with E-state index in [0.29, 0.717) is 23.8 Å². The van der Waals surface area contributed by atoms with Crippen LogP contribution >= 0.6 is 11.3 Å². The number of fused-ring (bicyclic) bond motifs is 1. The van der Waals surface area contributed by atoms with Crippen LogP contribution < -0.4 is 10.1 Å². The molecule has 0 fully saturated rings. The second-order valence-electron chi connectivity index (χ2n) is 6.20. The molecule has 9 nitrogen and oxygen atoms in total. The maximum Gasteiger partial charge on any atom is 0.277 e. The Hall–Kier alpha value is -2.89. The lowest BCUT2D eigenvalue weighted by atomic mass is 10.2. The van der Waals surface area contributed by atoms with Crippen molar-refractivity contribution in [2.75, 3.05) is 19.0 Å². The standard InChI is InChI=1S/C18H17N5O4S2/c1-27-12-2-4-13(5-3-12)29(25,26)23-9-6-14-16(11-23)28-18(21-14)22-17(24)15-10-19-7-8-20-15/h2-5,7-8,10H,6,9,11H2,1H3,(H,21,22,24). The van der Waals surface area contributed by atoms with Gasteiger partial charge in [-0.2, -0.15) is 4.31 Å². The zero-order valence-corrected chi connectivity index (χ0v) is 17.0. The number of nitrogens with zero attached hydrogens (tertiary/aromatic N) is 4. The number of hydrogen-bond donors (Lipinski definition) is 1. The zero-order chi connectivity index (χ0) is 20.4. The minimum absolute atomic E-state index is 0.185. The maximum atomic E-state index is 13.0. The second kappa shape index (κ2) is 7.85. The topological polar surface area (TPSA) is 114 Å². The highest BCUT2D eigenvalue weighted by Crippen LogP contribution is 2.31. The average molecular weight is 431 g/mol. The Bertz CT molecular complexity index is 1130. The molecule has 3 aromatic rings. The molecule has 1 aromatic carbocycles.